The number of amides is 1. The molecule has 1 aromatic rings. The van der Waals surface area contributed by atoms with E-state index in [1.165, 1.54) is 12.8 Å². The number of piperidine rings is 1. The number of hydrogen-bond donors (Lipinski definition) is 1. The molecule has 1 saturated carbocycles. The molecule has 2 aliphatic rings. The standard InChI is InChI=1S/C22H34N4O2.HI/c1-3-23-22(25(2)14-15-28-17-19-7-8-19)24-16-18-9-11-20(12-10-18)26-13-5-4-6-21(26)27;/h9-12,19H,3-8,13-17H2,1-2H3,(H,23,24);1H. The van der Waals surface area contributed by atoms with Crippen LogP contribution in [-0.2, 0) is 16.1 Å². The van der Waals surface area contributed by atoms with E-state index in [9.17, 15) is 4.79 Å². The summed E-state index contributed by atoms with van der Waals surface area (Å²) in [6.07, 6.45) is 5.40. The summed E-state index contributed by atoms with van der Waals surface area (Å²) in [5, 5.41) is 3.35. The van der Waals surface area contributed by atoms with Crippen molar-refractivity contribution in [3.63, 3.8) is 0 Å². The smallest absolute Gasteiger partial charge is 0.226 e. The summed E-state index contributed by atoms with van der Waals surface area (Å²) in [7, 11) is 2.05. The van der Waals surface area contributed by atoms with Gasteiger partial charge in [-0.05, 0) is 56.2 Å². The molecule has 3 rings (SSSR count). The third-order valence-corrected chi connectivity index (χ3v) is 5.30. The Morgan fingerprint density at radius 2 is 2.03 bits per heavy atom. The largest absolute Gasteiger partial charge is 0.379 e. The third kappa shape index (κ3) is 7.77. The van der Waals surface area contributed by atoms with E-state index in [2.05, 4.69) is 29.3 Å². The molecule has 0 atom stereocenters. The van der Waals surface area contributed by atoms with Crippen molar-refractivity contribution in [1.29, 1.82) is 0 Å². The van der Waals surface area contributed by atoms with Gasteiger partial charge in [-0.15, -0.1) is 24.0 Å². The van der Waals surface area contributed by atoms with Crippen molar-refractivity contribution in [1.82, 2.24) is 10.2 Å². The van der Waals surface area contributed by atoms with Crippen molar-refractivity contribution >= 4 is 41.5 Å². The summed E-state index contributed by atoms with van der Waals surface area (Å²) in [4.78, 5) is 20.9. The van der Waals surface area contributed by atoms with E-state index < -0.39 is 0 Å². The minimum atomic E-state index is 0. The van der Waals surface area contributed by atoms with Gasteiger partial charge < -0.3 is 19.9 Å². The summed E-state index contributed by atoms with van der Waals surface area (Å²) in [5.41, 5.74) is 2.14. The van der Waals surface area contributed by atoms with Gasteiger partial charge in [0.15, 0.2) is 5.96 Å². The quantitative estimate of drug-likeness (QED) is 0.237. The molecule has 2 fully saturated rings. The van der Waals surface area contributed by atoms with Gasteiger partial charge in [0.05, 0.1) is 13.2 Å². The Morgan fingerprint density at radius 3 is 2.69 bits per heavy atom. The second-order valence-electron chi connectivity index (χ2n) is 7.78. The fourth-order valence-corrected chi connectivity index (χ4v) is 3.34. The summed E-state index contributed by atoms with van der Waals surface area (Å²) in [5.74, 6) is 1.93. The number of anilines is 1. The molecule has 1 heterocycles. The van der Waals surface area contributed by atoms with Gasteiger partial charge in [-0.25, -0.2) is 4.99 Å². The van der Waals surface area contributed by atoms with E-state index in [4.69, 9.17) is 9.73 Å². The molecular formula is C22H35IN4O2. The average molecular weight is 514 g/mol. The number of halogens is 1. The molecule has 1 aliphatic carbocycles. The van der Waals surface area contributed by atoms with Crippen molar-refractivity contribution in [3.05, 3.63) is 29.8 Å². The number of benzene rings is 1. The number of guanidine groups is 1. The van der Waals surface area contributed by atoms with Crippen LogP contribution in [0.5, 0.6) is 0 Å². The first-order valence-electron chi connectivity index (χ1n) is 10.6. The van der Waals surface area contributed by atoms with Crippen LogP contribution in [-0.4, -0.2) is 56.7 Å². The Bertz CT molecular complexity index is 661. The molecule has 162 valence electrons. The van der Waals surface area contributed by atoms with E-state index in [0.29, 0.717) is 13.0 Å². The van der Waals surface area contributed by atoms with E-state index in [0.717, 1.165) is 68.8 Å². The lowest BCUT2D eigenvalue weighted by atomic mass is 10.1. The van der Waals surface area contributed by atoms with Crippen molar-refractivity contribution in [3.8, 4) is 0 Å². The number of aliphatic imine (C=N–C) groups is 1. The number of nitrogens with zero attached hydrogens (tertiary/aromatic N) is 3. The van der Waals surface area contributed by atoms with Crippen LogP contribution in [0.3, 0.4) is 0 Å². The molecule has 0 spiro atoms. The van der Waals surface area contributed by atoms with Crippen LogP contribution in [0.1, 0.15) is 44.6 Å². The second kappa shape index (κ2) is 12.4. The molecule has 0 unspecified atom stereocenters. The Balaban J connectivity index is 0.00000300. The first-order chi connectivity index (χ1) is 13.7. The summed E-state index contributed by atoms with van der Waals surface area (Å²) >= 11 is 0. The summed E-state index contributed by atoms with van der Waals surface area (Å²) < 4.78 is 5.74. The molecule has 29 heavy (non-hydrogen) atoms. The Kier molecular flexibility index (Phi) is 10.2. The number of carbonyl (C=O) groups is 1. The summed E-state index contributed by atoms with van der Waals surface area (Å²) in [6.45, 7) is 6.82. The van der Waals surface area contributed by atoms with E-state index >= 15 is 0 Å². The second-order valence-corrected chi connectivity index (χ2v) is 7.78. The number of carbonyl (C=O) groups excluding carboxylic acids is 1. The third-order valence-electron chi connectivity index (χ3n) is 5.30. The van der Waals surface area contributed by atoms with Crippen LogP contribution in [0.2, 0.25) is 0 Å². The molecule has 7 heteroatoms. The van der Waals surface area contributed by atoms with Gasteiger partial charge in [0, 0.05) is 45.4 Å². The van der Waals surface area contributed by atoms with Gasteiger partial charge >= 0.3 is 0 Å². The molecule has 1 amide bonds. The predicted octanol–water partition coefficient (Wildman–Crippen LogP) is 3.65. The predicted molar refractivity (Wildman–Crippen MR) is 129 cm³/mol. The zero-order chi connectivity index (χ0) is 19.8. The monoisotopic (exact) mass is 514 g/mol. The highest BCUT2D eigenvalue weighted by molar-refractivity contribution is 14.0. The Hall–Kier alpha value is -1.35. The highest BCUT2D eigenvalue weighted by Gasteiger charge is 2.21. The maximum Gasteiger partial charge on any atom is 0.226 e. The normalized spacial score (nSPS) is 17.1. The van der Waals surface area contributed by atoms with Crippen LogP contribution in [0.15, 0.2) is 29.3 Å². The fraction of sp³-hybridized carbons (Fsp3) is 0.636. The number of likely N-dealkylation sites (N-methyl/N-ethyl adjacent to an activating group) is 1. The molecule has 0 radical (unpaired) electrons. The molecule has 6 nitrogen and oxygen atoms in total. The first-order valence-corrected chi connectivity index (χ1v) is 10.6. The fourth-order valence-electron chi connectivity index (χ4n) is 3.34. The minimum Gasteiger partial charge on any atom is -0.379 e. The first kappa shape index (κ1) is 23.9. The molecule has 1 aliphatic heterocycles. The maximum absolute atomic E-state index is 12.1. The molecule has 0 bridgehead atoms. The van der Waals surface area contributed by atoms with Gasteiger partial charge in [-0.2, -0.15) is 0 Å². The van der Waals surface area contributed by atoms with E-state index in [1.807, 2.05) is 24.1 Å². The molecule has 1 N–H and O–H groups in total. The van der Waals surface area contributed by atoms with Crippen LogP contribution >= 0.6 is 24.0 Å². The summed E-state index contributed by atoms with van der Waals surface area (Å²) in [6, 6.07) is 8.22. The average Bonchev–Trinajstić information content (AvgIpc) is 3.54. The van der Waals surface area contributed by atoms with Crippen LogP contribution in [0.25, 0.3) is 0 Å². The Morgan fingerprint density at radius 1 is 1.28 bits per heavy atom. The lowest BCUT2D eigenvalue weighted by molar-refractivity contribution is -0.119. The molecule has 0 aromatic heterocycles. The number of nitrogens with one attached hydrogen (secondary N) is 1. The van der Waals surface area contributed by atoms with Gasteiger partial charge in [0.25, 0.3) is 0 Å². The number of rotatable bonds is 9. The van der Waals surface area contributed by atoms with Crippen LogP contribution in [0.4, 0.5) is 5.69 Å². The molecule has 1 aromatic carbocycles. The van der Waals surface area contributed by atoms with Crippen molar-refractivity contribution in [2.45, 2.75) is 45.6 Å². The van der Waals surface area contributed by atoms with Crippen molar-refractivity contribution < 1.29 is 9.53 Å². The lowest BCUT2D eigenvalue weighted by Gasteiger charge is -2.26. The van der Waals surface area contributed by atoms with Crippen LogP contribution in [0, 0.1) is 5.92 Å². The maximum atomic E-state index is 12.1. The minimum absolute atomic E-state index is 0. The zero-order valence-corrected chi connectivity index (χ0v) is 20.1. The highest BCUT2D eigenvalue weighted by Crippen LogP contribution is 2.28. The number of ether oxygens (including phenoxy) is 1. The highest BCUT2D eigenvalue weighted by atomic mass is 127. The zero-order valence-electron chi connectivity index (χ0n) is 17.7. The van der Waals surface area contributed by atoms with Crippen molar-refractivity contribution in [2.75, 3.05) is 44.8 Å². The van der Waals surface area contributed by atoms with Crippen LogP contribution < -0.4 is 10.2 Å². The van der Waals surface area contributed by atoms with Gasteiger partial charge in [-0.1, -0.05) is 12.1 Å². The lowest BCUT2D eigenvalue weighted by Crippen LogP contribution is -2.40. The number of hydrogen-bond acceptors (Lipinski definition) is 3. The molecular weight excluding hydrogens is 479 g/mol. The Labute approximate surface area is 192 Å². The SMILES string of the molecule is CCNC(=NCc1ccc(N2CCCCC2=O)cc1)N(C)CCOCC1CC1.I. The van der Waals surface area contributed by atoms with Gasteiger partial charge in [0.2, 0.25) is 5.91 Å². The molecule has 1 saturated heterocycles. The van der Waals surface area contributed by atoms with Crippen molar-refractivity contribution in [2.24, 2.45) is 10.9 Å². The van der Waals surface area contributed by atoms with Gasteiger partial charge in [0.1, 0.15) is 0 Å². The van der Waals surface area contributed by atoms with E-state index in [1.54, 1.807) is 0 Å². The van der Waals surface area contributed by atoms with E-state index in [-0.39, 0.29) is 29.9 Å². The van der Waals surface area contributed by atoms with Gasteiger partial charge in [-0.3, -0.25) is 4.79 Å². The topological polar surface area (TPSA) is 57.2 Å².